The first kappa shape index (κ1) is 15.5. The molecule has 0 spiro atoms. The molecule has 5 heteroatoms. The number of rotatable bonds is 6. The molecule has 0 aliphatic heterocycles. The molecule has 1 aromatic rings. The summed E-state index contributed by atoms with van der Waals surface area (Å²) in [6, 6.07) is 0.227. The molecule has 0 amide bonds. The fourth-order valence-electron chi connectivity index (χ4n) is 2.32. The maximum Gasteiger partial charge on any atom is 0.360 e. The number of esters is 1. The number of anilines is 1. The standard InChI is InChI=1S/C14H25N3O2/c1-6-9(3)8-10(4)17-11(5)16-12(13(17)15)14(18)19-7-2/h9-10H,6-8,15H2,1-5H3. The van der Waals surface area contributed by atoms with Gasteiger partial charge in [-0.2, -0.15) is 0 Å². The second-order valence-corrected chi connectivity index (χ2v) is 5.08. The van der Waals surface area contributed by atoms with Crippen molar-refractivity contribution in [3.8, 4) is 0 Å². The average Bonchev–Trinajstić information content (AvgIpc) is 2.65. The summed E-state index contributed by atoms with van der Waals surface area (Å²) in [7, 11) is 0. The summed E-state index contributed by atoms with van der Waals surface area (Å²) in [6.45, 7) is 10.4. The molecule has 0 bridgehead atoms. The van der Waals surface area contributed by atoms with Crippen molar-refractivity contribution in [1.29, 1.82) is 0 Å². The molecule has 2 atom stereocenters. The Morgan fingerprint density at radius 3 is 2.58 bits per heavy atom. The van der Waals surface area contributed by atoms with Gasteiger partial charge in [0.15, 0.2) is 5.69 Å². The third-order valence-corrected chi connectivity index (χ3v) is 3.47. The van der Waals surface area contributed by atoms with Gasteiger partial charge in [0.25, 0.3) is 0 Å². The minimum absolute atomic E-state index is 0.227. The highest BCUT2D eigenvalue weighted by Gasteiger charge is 2.22. The minimum atomic E-state index is -0.447. The predicted octanol–water partition coefficient (Wildman–Crippen LogP) is 2.95. The molecule has 0 aliphatic rings. The van der Waals surface area contributed by atoms with Crippen LogP contribution in [0.4, 0.5) is 5.82 Å². The first-order valence-electron chi connectivity index (χ1n) is 6.93. The maximum atomic E-state index is 11.8. The van der Waals surface area contributed by atoms with E-state index in [4.69, 9.17) is 10.5 Å². The number of hydrogen-bond donors (Lipinski definition) is 1. The number of ether oxygens (including phenoxy) is 1. The molecule has 0 fully saturated rings. The lowest BCUT2D eigenvalue weighted by Gasteiger charge is -2.20. The number of nitrogens with two attached hydrogens (primary N) is 1. The smallest absolute Gasteiger partial charge is 0.360 e. The van der Waals surface area contributed by atoms with Crippen molar-refractivity contribution in [1.82, 2.24) is 9.55 Å². The molecule has 1 aromatic heterocycles. The van der Waals surface area contributed by atoms with Crippen molar-refractivity contribution in [2.24, 2.45) is 5.92 Å². The average molecular weight is 267 g/mol. The molecule has 1 heterocycles. The first-order chi connectivity index (χ1) is 8.92. The van der Waals surface area contributed by atoms with Crippen LogP contribution < -0.4 is 5.73 Å². The number of aryl methyl sites for hydroxylation is 1. The molecule has 0 aliphatic carbocycles. The van der Waals surface area contributed by atoms with Gasteiger partial charge < -0.3 is 15.0 Å². The van der Waals surface area contributed by atoms with Crippen LogP contribution in [0.2, 0.25) is 0 Å². The normalized spacial score (nSPS) is 14.2. The number of carbonyl (C=O) groups is 1. The maximum absolute atomic E-state index is 11.8. The Morgan fingerprint density at radius 2 is 2.05 bits per heavy atom. The van der Waals surface area contributed by atoms with Crippen LogP contribution in [0.25, 0.3) is 0 Å². The Morgan fingerprint density at radius 1 is 1.42 bits per heavy atom. The predicted molar refractivity (Wildman–Crippen MR) is 76.1 cm³/mol. The molecular formula is C14H25N3O2. The Bertz CT molecular complexity index is 440. The SMILES string of the molecule is CCOC(=O)c1nc(C)n(C(C)CC(C)CC)c1N. The highest BCUT2D eigenvalue weighted by Crippen LogP contribution is 2.26. The van der Waals surface area contributed by atoms with E-state index >= 15 is 0 Å². The van der Waals surface area contributed by atoms with E-state index in [2.05, 4.69) is 25.8 Å². The van der Waals surface area contributed by atoms with E-state index in [9.17, 15) is 4.79 Å². The van der Waals surface area contributed by atoms with Crippen molar-refractivity contribution in [2.75, 3.05) is 12.3 Å². The van der Waals surface area contributed by atoms with E-state index in [1.165, 1.54) is 0 Å². The molecule has 5 nitrogen and oxygen atoms in total. The Hall–Kier alpha value is -1.52. The minimum Gasteiger partial charge on any atom is -0.461 e. The van der Waals surface area contributed by atoms with E-state index < -0.39 is 5.97 Å². The van der Waals surface area contributed by atoms with Crippen LogP contribution in [0.5, 0.6) is 0 Å². The number of nitrogen functional groups attached to an aromatic ring is 1. The van der Waals surface area contributed by atoms with Gasteiger partial charge in [0.2, 0.25) is 0 Å². The van der Waals surface area contributed by atoms with E-state index in [-0.39, 0.29) is 11.7 Å². The fraction of sp³-hybridized carbons (Fsp3) is 0.714. The third-order valence-electron chi connectivity index (χ3n) is 3.47. The molecular weight excluding hydrogens is 242 g/mol. The molecule has 0 saturated carbocycles. The van der Waals surface area contributed by atoms with E-state index in [1.807, 2.05) is 11.5 Å². The number of aromatic nitrogens is 2. The molecule has 2 unspecified atom stereocenters. The van der Waals surface area contributed by atoms with Gasteiger partial charge in [-0.15, -0.1) is 0 Å². The number of nitrogens with zero attached hydrogens (tertiary/aromatic N) is 2. The van der Waals surface area contributed by atoms with Crippen molar-refractivity contribution in [3.05, 3.63) is 11.5 Å². The molecule has 2 N–H and O–H groups in total. The van der Waals surface area contributed by atoms with E-state index in [1.54, 1.807) is 6.92 Å². The lowest BCUT2D eigenvalue weighted by Crippen LogP contribution is -2.14. The van der Waals surface area contributed by atoms with E-state index in [0.717, 1.165) is 18.7 Å². The molecule has 108 valence electrons. The number of hydrogen-bond acceptors (Lipinski definition) is 4. The quantitative estimate of drug-likeness (QED) is 0.804. The summed E-state index contributed by atoms with van der Waals surface area (Å²) in [5, 5.41) is 0. The van der Waals surface area contributed by atoms with Crippen molar-refractivity contribution >= 4 is 11.8 Å². The van der Waals surface area contributed by atoms with E-state index in [0.29, 0.717) is 18.3 Å². The monoisotopic (exact) mass is 267 g/mol. The van der Waals surface area contributed by atoms with Gasteiger partial charge in [-0.25, -0.2) is 9.78 Å². The number of carbonyl (C=O) groups excluding carboxylic acids is 1. The zero-order chi connectivity index (χ0) is 14.6. The zero-order valence-corrected chi connectivity index (χ0v) is 12.6. The zero-order valence-electron chi connectivity index (χ0n) is 12.6. The summed E-state index contributed by atoms with van der Waals surface area (Å²) in [4.78, 5) is 16.0. The Balaban J connectivity index is 2.99. The Labute approximate surface area is 115 Å². The Kier molecular flexibility index (Phi) is 5.39. The fourth-order valence-corrected chi connectivity index (χ4v) is 2.32. The molecule has 1 rings (SSSR count). The van der Waals surface area contributed by atoms with Crippen molar-refractivity contribution in [3.63, 3.8) is 0 Å². The van der Waals surface area contributed by atoms with Gasteiger partial charge in [0.05, 0.1) is 6.61 Å². The summed E-state index contributed by atoms with van der Waals surface area (Å²) >= 11 is 0. The highest BCUT2D eigenvalue weighted by atomic mass is 16.5. The molecule has 19 heavy (non-hydrogen) atoms. The van der Waals surface area contributed by atoms with Crippen LogP contribution >= 0.6 is 0 Å². The van der Waals surface area contributed by atoms with Crippen molar-refractivity contribution in [2.45, 2.75) is 53.5 Å². The van der Waals surface area contributed by atoms with Crippen LogP contribution in [-0.4, -0.2) is 22.1 Å². The largest absolute Gasteiger partial charge is 0.461 e. The second-order valence-electron chi connectivity index (χ2n) is 5.08. The van der Waals surface area contributed by atoms with Crippen LogP contribution in [0, 0.1) is 12.8 Å². The van der Waals surface area contributed by atoms with Gasteiger partial charge in [-0.3, -0.25) is 0 Å². The van der Waals surface area contributed by atoms with Crippen molar-refractivity contribution < 1.29 is 9.53 Å². The summed E-state index contributed by atoms with van der Waals surface area (Å²) in [5.41, 5.74) is 6.28. The van der Waals surface area contributed by atoms with Gasteiger partial charge >= 0.3 is 5.97 Å². The van der Waals surface area contributed by atoms with Crippen LogP contribution in [0.1, 0.15) is 62.9 Å². The third kappa shape index (κ3) is 3.49. The second kappa shape index (κ2) is 6.59. The van der Waals surface area contributed by atoms with Gasteiger partial charge in [-0.05, 0) is 33.1 Å². The summed E-state index contributed by atoms with van der Waals surface area (Å²) in [6.07, 6.45) is 2.14. The lowest BCUT2D eigenvalue weighted by atomic mass is 10.0. The highest BCUT2D eigenvalue weighted by molar-refractivity contribution is 5.92. The number of imidazole rings is 1. The summed E-state index contributed by atoms with van der Waals surface area (Å²) in [5.74, 6) is 1.34. The topological polar surface area (TPSA) is 70.1 Å². The van der Waals surface area contributed by atoms with Crippen LogP contribution in [0.3, 0.4) is 0 Å². The van der Waals surface area contributed by atoms with Crippen LogP contribution in [-0.2, 0) is 4.74 Å². The van der Waals surface area contributed by atoms with Gasteiger partial charge in [-0.1, -0.05) is 20.3 Å². The van der Waals surface area contributed by atoms with Gasteiger partial charge in [0.1, 0.15) is 11.6 Å². The lowest BCUT2D eigenvalue weighted by molar-refractivity contribution is 0.0521. The van der Waals surface area contributed by atoms with Crippen LogP contribution in [0.15, 0.2) is 0 Å². The first-order valence-corrected chi connectivity index (χ1v) is 6.93. The van der Waals surface area contributed by atoms with Gasteiger partial charge in [0, 0.05) is 6.04 Å². The molecule has 0 aromatic carbocycles. The molecule has 0 saturated heterocycles. The summed E-state index contributed by atoms with van der Waals surface area (Å²) < 4.78 is 6.89. The molecule has 0 radical (unpaired) electrons.